The van der Waals surface area contributed by atoms with Crippen molar-refractivity contribution in [3.63, 3.8) is 0 Å². The molecule has 1 fully saturated rings. The first-order valence-electron chi connectivity index (χ1n) is 8.27. The van der Waals surface area contributed by atoms with Gasteiger partial charge < -0.3 is 20.6 Å². The van der Waals surface area contributed by atoms with Crippen LogP contribution in [0.15, 0.2) is 24.3 Å². The SMILES string of the molecule is O=C(NCCN1CCCCC1)c1ccc(NCC(O)CCl)cc1. The molecule has 23 heavy (non-hydrogen) atoms. The number of aliphatic hydroxyl groups is 1. The third kappa shape index (κ3) is 6.37. The molecule has 6 heteroatoms. The number of carbonyl (C=O) groups is 1. The first-order chi connectivity index (χ1) is 11.2. The smallest absolute Gasteiger partial charge is 0.251 e. The van der Waals surface area contributed by atoms with E-state index in [9.17, 15) is 9.90 Å². The number of nitrogens with one attached hydrogen (secondary N) is 2. The third-order valence-electron chi connectivity index (χ3n) is 4.03. The van der Waals surface area contributed by atoms with E-state index >= 15 is 0 Å². The van der Waals surface area contributed by atoms with Gasteiger partial charge in [-0.05, 0) is 50.2 Å². The highest BCUT2D eigenvalue weighted by Crippen LogP contribution is 2.10. The van der Waals surface area contributed by atoms with Crippen LogP contribution in [0.5, 0.6) is 0 Å². The molecule has 2 rings (SSSR count). The van der Waals surface area contributed by atoms with Crippen LogP contribution in [0.4, 0.5) is 5.69 Å². The lowest BCUT2D eigenvalue weighted by molar-refractivity contribution is 0.0946. The lowest BCUT2D eigenvalue weighted by Crippen LogP contribution is -2.37. The second kappa shape index (κ2) is 9.75. The summed E-state index contributed by atoms with van der Waals surface area (Å²) in [7, 11) is 0. The van der Waals surface area contributed by atoms with Crippen molar-refractivity contribution in [2.75, 3.05) is 43.9 Å². The average Bonchev–Trinajstić information content (AvgIpc) is 2.61. The summed E-state index contributed by atoms with van der Waals surface area (Å²) < 4.78 is 0. The van der Waals surface area contributed by atoms with Crippen molar-refractivity contribution in [1.82, 2.24) is 10.2 Å². The zero-order chi connectivity index (χ0) is 16.5. The number of halogens is 1. The van der Waals surface area contributed by atoms with E-state index in [0.29, 0.717) is 18.7 Å². The predicted molar refractivity (Wildman–Crippen MR) is 94.3 cm³/mol. The van der Waals surface area contributed by atoms with Crippen LogP contribution in [0.3, 0.4) is 0 Å². The minimum absolute atomic E-state index is 0.0469. The number of benzene rings is 1. The standard InChI is InChI=1S/C17H26ClN3O2/c18-12-16(22)13-20-15-6-4-14(5-7-15)17(23)19-8-11-21-9-2-1-3-10-21/h4-7,16,20,22H,1-3,8-13H2,(H,19,23). The molecule has 1 unspecified atom stereocenters. The summed E-state index contributed by atoms with van der Waals surface area (Å²) in [6, 6.07) is 7.23. The maximum Gasteiger partial charge on any atom is 0.251 e. The Hall–Kier alpha value is -1.30. The molecule has 1 aromatic rings. The summed E-state index contributed by atoms with van der Waals surface area (Å²) in [4.78, 5) is 14.5. The second-order valence-electron chi connectivity index (χ2n) is 5.92. The Bertz CT molecular complexity index is 475. The summed E-state index contributed by atoms with van der Waals surface area (Å²) in [5.74, 6) is 0.152. The maximum atomic E-state index is 12.1. The fourth-order valence-electron chi connectivity index (χ4n) is 2.64. The number of nitrogens with zero attached hydrogens (tertiary/aromatic N) is 1. The molecule has 1 aliphatic heterocycles. The van der Waals surface area contributed by atoms with Gasteiger partial charge in [0.25, 0.3) is 5.91 Å². The largest absolute Gasteiger partial charge is 0.390 e. The minimum atomic E-state index is -0.575. The molecule has 0 spiro atoms. The highest BCUT2D eigenvalue weighted by atomic mass is 35.5. The number of alkyl halides is 1. The van der Waals surface area contributed by atoms with Gasteiger partial charge in [-0.15, -0.1) is 11.6 Å². The second-order valence-corrected chi connectivity index (χ2v) is 6.23. The first kappa shape index (κ1) is 18.0. The van der Waals surface area contributed by atoms with Gasteiger partial charge in [-0.25, -0.2) is 0 Å². The highest BCUT2D eigenvalue weighted by molar-refractivity contribution is 6.18. The average molecular weight is 340 g/mol. The Morgan fingerprint density at radius 3 is 2.57 bits per heavy atom. The van der Waals surface area contributed by atoms with Crippen LogP contribution in [-0.2, 0) is 0 Å². The van der Waals surface area contributed by atoms with E-state index in [0.717, 1.165) is 25.3 Å². The van der Waals surface area contributed by atoms with E-state index in [2.05, 4.69) is 15.5 Å². The van der Waals surface area contributed by atoms with Gasteiger partial charge >= 0.3 is 0 Å². The van der Waals surface area contributed by atoms with Gasteiger partial charge in [-0.1, -0.05) is 6.42 Å². The number of hydrogen-bond acceptors (Lipinski definition) is 4. The van der Waals surface area contributed by atoms with Crippen molar-refractivity contribution >= 4 is 23.2 Å². The quantitative estimate of drug-likeness (QED) is 0.633. The number of likely N-dealkylation sites (tertiary alicyclic amines) is 1. The first-order valence-corrected chi connectivity index (χ1v) is 8.81. The van der Waals surface area contributed by atoms with Crippen LogP contribution in [0.2, 0.25) is 0 Å². The molecule has 5 nitrogen and oxygen atoms in total. The number of rotatable bonds is 8. The van der Waals surface area contributed by atoms with Crippen LogP contribution in [0.25, 0.3) is 0 Å². The maximum absolute atomic E-state index is 12.1. The van der Waals surface area contributed by atoms with E-state index < -0.39 is 6.10 Å². The van der Waals surface area contributed by atoms with E-state index in [1.165, 1.54) is 19.3 Å². The molecule has 128 valence electrons. The van der Waals surface area contributed by atoms with Crippen LogP contribution < -0.4 is 10.6 Å². The van der Waals surface area contributed by atoms with Crippen molar-refractivity contribution < 1.29 is 9.90 Å². The van der Waals surface area contributed by atoms with Crippen LogP contribution >= 0.6 is 11.6 Å². The molecule has 1 heterocycles. The van der Waals surface area contributed by atoms with Crippen molar-refractivity contribution in [2.24, 2.45) is 0 Å². The van der Waals surface area contributed by atoms with Gasteiger partial charge in [0.1, 0.15) is 0 Å². The summed E-state index contributed by atoms with van der Waals surface area (Å²) in [5.41, 5.74) is 1.51. The van der Waals surface area contributed by atoms with Crippen molar-refractivity contribution in [1.29, 1.82) is 0 Å². The Morgan fingerprint density at radius 1 is 1.22 bits per heavy atom. The molecular formula is C17H26ClN3O2. The predicted octanol–water partition coefficient (Wildman–Crippen LogP) is 1.91. The molecule has 1 aromatic carbocycles. The fraction of sp³-hybridized carbons (Fsp3) is 0.588. The lowest BCUT2D eigenvalue weighted by atomic mass is 10.1. The summed E-state index contributed by atoms with van der Waals surface area (Å²) in [6.45, 7) is 4.28. The number of hydrogen-bond donors (Lipinski definition) is 3. The van der Waals surface area contributed by atoms with Crippen molar-refractivity contribution in [3.05, 3.63) is 29.8 Å². The number of carbonyl (C=O) groups excluding carboxylic acids is 1. The highest BCUT2D eigenvalue weighted by Gasteiger charge is 2.10. The normalized spacial score (nSPS) is 16.8. The Labute approximate surface area is 143 Å². The zero-order valence-corrected chi connectivity index (χ0v) is 14.2. The summed E-state index contributed by atoms with van der Waals surface area (Å²) >= 11 is 5.54. The monoisotopic (exact) mass is 339 g/mol. The Kier molecular flexibility index (Phi) is 7.65. The molecule has 0 saturated carbocycles. The van der Waals surface area contributed by atoms with Crippen molar-refractivity contribution in [3.8, 4) is 0 Å². The van der Waals surface area contributed by atoms with Crippen LogP contribution in [0, 0.1) is 0 Å². The molecule has 3 N–H and O–H groups in total. The fourth-order valence-corrected chi connectivity index (χ4v) is 2.75. The molecule has 1 atom stereocenters. The van der Waals surface area contributed by atoms with E-state index in [4.69, 9.17) is 11.6 Å². The molecule has 1 amide bonds. The Balaban J connectivity index is 1.71. The summed E-state index contributed by atoms with van der Waals surface area (Å²) in [6.07, 6.45) is 3.28. The molecule has 0 bridgehead atoms. The van der Waals surface area contributed by atoms with Gasteiger partial charge in [-0.2, -0.15) is 0 Å². The van der Waals surface area contributed by atoms with Gasteiger partial charge in [-0.3, -0.25) is 4.79 Å². The number of piperidine rings is 1. The minimum Gasteiger partial charge on any atom is -0.390 e. The third-order valence-corrected chi connectivity index (χ3v) is 4.39. The van der Waals surface area contributed by atoms with Gasteiger partial charge in [0.2, 0.25) is 0 Å². The van der Waals surface area contributed by atoms with E-state index in [1.54, 1.807) is 12.1 Å². The lowest BCUT2D eigenvalue weighted by Gasteiger charge is -2.26. The molecule has 0 radical (unpaired) electrons. The van der Waals surface area contributed by atoms with Gasteiger partial charge in [0.15, 0.2) is 0 Å². The van der Waals surface area contributed by atoms with Crippen LogP contribution in [-0.4, -0.2) is 60.6 Å². The molecule has 0 aliphatic carbocycles. The Morgan fingerprint density at radius 2 is 1.91 bits per heavy atom. The molecule has 1 aliphatic rings. The molecule has 0 aromatic heterocycles. The van der Waals surface area contributed by atoms with E-state index in [1.807, 2.05) is 12.1 Å². The van der Waals surface area contributed by atoms with Gasteiger partial charge in [0, 0.05) is 30.9 Å². The van der Waals surface area contributed by atoms with E-state index in [-0.39, 0.29) is 11.8 Å². The van der Waals surface area contributed by atoms with Crippen molar-refractivity contribution in [2.45, 2.75) is 25.4 Å². The topological polar surface area (TPSA) is 64.6 Å². The number of aliphatic hydroxyl groups excluding tert-OH is 1. The number of anilines is 1. The molecular weight excluding hydrogens is 314 g/mol. The molecule has 1 saturated heterocycles. The zero-order valence-electron chi connectivity index (χ0n) is 13.4. The number of amides is 1. The van der Waals surface area contributed by atoms with Gasteiger partial charge in [0.05, 0.1) is 12.0 Å². The summed E-state index contributed by atoms with van der Waals surface area (Å²) in [5, 5.41) is 15.4. The van der Waals surface area contributed by atoms with Crippen LogP contribution in [0.1, 0.15) is 29.6 Å².